The molecule has 0 aliphatic carbocycles. The van der Waals surface area contributed by atoms with Crippen molar-refractivity contribution < 1.29 is 9.59 Å². The molecular formula is C23H22N4O2. The summed E-state index contributed by atoms with van der Waals surface area (Å²) in [6, 6.07) is 23.0. The molecule has 1 aliphatic heterocycles. The van der Waals surface area contributed by atoms with E-state index in [0.29, 0.717) is 6.54 Å². The molecule has 0 spiro atoms. The number of nitrogens with zero attached hydrogens (tertiary/aromatic N) is 1. The fraction of sp³-hybridized carbons (Fsp3) is 0.174. The Morgan fingerprint density at radius 3 is 2.28 bits per heavy atom. The Morgan fingerprint density at radius 1 is 0.931 bits per heavy atom. The monoisotopic (exact) mass is 386 g/mol. The Balaban J connectivity index is 1.65. The molecule has 29 heavy (non-hydrogen) atoms. The number of rotatable bonds is 5. The smallest absolute Gasteiger partial charge is 0.247 e. The minimum Gasteiger partial charge on any atom is -0.351 e. The first kappa shape index (κ1) is 18.8. The van der Waals surface area contributed by atoms with Gasteiger partial charge in [-0.25, -0.2) is 5.43 Å². The third kappa shape index (κ3) is 4.17. The van der Waals surface area contributed by atoms with Crippen molar-refractivity contribution in [2.75, 3.05) is 0 Å². The predicted octanol–water partition coefficient (Wildman–Crippen LogP) is 2.47. The van der Waals surface area contributed by atoms with Gasteiger partial charge in [-0.2, -0.15) is 0 Å². The molecule has 1 fully saturated rings. The molecule has 4 rings (SSSR count). The second kappa shape index (κ2) is 8.67. The first-order valence-electron chi connectivity index (χ1n) is 9.56. The van der Waals surface area contributed by atoms with Gasteiger partial charge in [0.1, 0.15) is 5.92 Å². The van der Waals surface area contributed by atoms with Gasteiger partial charge in [0.15, 0.2) is 0 Å². The van der Waals surface area contributed by atoms with E-state index in [9.17, 15) is 9.59 Å². The van der Waals surface area contributed by atoms with Crippen molar-refractivity contribution in [1.29, 1.82) is 0 Å². The van der Waals surface area contributed by atoms with Crippen LogP contribution >= 0.6 is 0 Å². The number of carbonyl (C=O) groups is 2. The van der Waals surface area contributed by atoms with Gasteiger partial charge in [0.25, 0.3) is 0 Å². The van der Waals surface area contributed by atoms with E-state index in [1.807, 2.05) is 72.8 Å². The normalized spacial score (nSPS) is 21.2. The molecule has 1 saturated heterocycles. The highest BCUT2D eigenvalue weighted by Crippen LogP contribution is 2.39. The molecule has 0 bridgehead atoms. The lowest BCUT2D eigenvalue weighted by atomic mass is 9.76. The van der Waals surface area contributed by atoms with E-state index in [4.69, 9.17) is 0 Å². The summed E-state index contributed by atoms with van der Waals surface area (Å²) in [7, 11) is 0. The lowest BCUT2D eigenvalue weighted by molar-refractivity contribution is -0.140. The van der Waals surface area contributed by atoms with Crippen LogP contribution in [0.25, 0.3) is 0 Å². The molecule has 3 atom stereocenters. The van der Waals surface area contributed by atoms with Crippen LogP contribution in [-0.4, -0.2) is 16.8 Å². The van der Waals surface area contributed by atoms with Crippen LogP contribution in [0.5, 0.6) is 0 Å². The van der Waals surface area contributed by atoms with Crippen LogP contribution < -0.4 is 16.2 Å². The van der Waals surface area contributed by atoms with Crippen molar-refractivity contribution in [3.05, 3.63) is 102 Å². The number of amides is 2. The predicted molar refractivity (Wildman–Crippen MR) is 109 cm³/mol. The molecule has 0 radical (unpaired) electrons. The Morgan fingerprint density at radius 2 is 1.62 bits per heavy atom. The second-order valence-electron chi connectivity index (χ2n) is 7.02. The maximum absolute atomic E-state index is 13.1. The number of benzene rings is 2. The summed E-state index contributed by atoms with van der Waals surface area (Å²) in [5.41, 5.74) is 8.62. The van der Waals surface area contributed by atoms with Crippen molar-refractivity contribution in [3.63, 3.8) is 0 Å². The van der Waals surface area contributed by atoms with E-state index in [0.717, 1.165) is 16.7 Å². The van der Waals surface area contributed by atoms with Crippen molar-refractivity contribution in [3.8, 4) is 0 Å². The lowest BCUT2D eigenvalue weighted by Crippen LogP contribution is -2.57. The van der Waals surface area contributed by atoms with Gasteiger partial charge < -0.3 is 5.32 Å². The molecule has 3 aromatic rings. The summed E-state index contributed by atoms with van der Waals surface area (Å²) in [5, 5.41) is 2.90. The van der Waals surface area contributed by atoms with Crippen LogP contribution in [0, 0.1) is 5.92 Å². The molecule has 3 unspecified atom stereocenters. The van der Waals surface area contributed by atoms with Gasteiger partial charge in [-0.1, -0.05) is 66.7 Å². The van der Waals surface area contributed by atoms with Crippen molar-refractivity contribution in [1.82, 2.24) is 21.2 Å². The van der Waals surface area contributed by atoms with E-state index < -0.39 is 5.92 Å². The van der Waals surface area contributed by atoms with Gasteiger partial charge >= 0.3 is 0 Å². The number of hydrogen-bond acceptors (Lipinski definition) is 4. The SMILES string of the molecule is O=C(NCc1cccnc1)C1C(=O)NNC(c2ccccc2)C1c1ccccc1. The summed E-state index contributed by atoms with van der Waals surface area (Å²) in [6.45, 7) is 0.321. The topological polar surface area (TPSA) is 83.1 Å². The number of hydrogen-bond donors (Lipinski definition) is 3. The molecule has 2 heterocycles. The minimum atomic E-state index is -0.861. The molecular weight excluding hydrogens is 364 g/mol. The quantitative estimate of drug-likeness (QED) is 0.589. The van der Waals surface area contributed by atoms with Gasteiger partial charge in [0.2, 0.25) is 11.8 Å². The molecule has 146 valence electrons. The highest BCUT2D eigenvalue weighted by atomic mass is 16.2. The van der Waals surface area contributed by atoms with Crippen LogP contribution in [0.3, 0.4) is 0 Å². The summed E-state index contributed by atoms with van der Waals surface area (Å²) in [4.78, 5) is 29.9. The Kier molecular flexibility index (Phi) is 5.63. The number of pyridine rings is 1. The summed E-state index contributed by atoms with van der Waals surface area (Å²) in [5.74, 6) is -1.85. The Bertz CT molecular complexity index is 964. The zero-order valence-corrected chi connectivity index (χ0v) is 15.8. The molecule has 6 nitrogen and oxygen atoms in total. The zero-order chi connectivity index (χ0) is 20.1. The fourth-order valence-electron chi connectivity index (χ4n) is 3.77. The standard InChI is InChI=1S/C23H22N4O2/c28-22(25-15-16-8-7-13-24-14-16)20-19(17-9-3-1-4-10-17)21(26-27-23(20)29)18-11-5-2-6-12-18/h1-14,19-21,26H,15H2,(H,25,28)(H,27,29). The van der Waals surface area contributed by atoms with Crippen LogP contribution in [0.1, 0.15) is 28.7 Å². The summed E-state index contributed by atoms with van der Waals surface area (Å²) in [6.07, 6.45) is 3.38. The minimum absolute atomic E-state index is 0.231. The first-order chi connectivity index (χ1) is 14.2. The molecule has 3 N–H and O–H groups in total. The maximum Gasteiger partial charge on any atom is 0.247 e. The molecule has 6 heteroatoms. The van der Waals surface area contributed by atoms with Crippen molar-refractivity contribution >= 4 is 11.8 Å². The van der Waals surface area contributed by atoms with Gasteiger partial charge in [-0.05, 0) is 22.8 Å². The second-order valence-corrected chi connectivity index (χ2v) is 7.02. The number of carbonyl (C=O) groups excluding carboxylic acids is 2. The molecule has 2 aromatic carbocycles. The summed E-state index contributed by atoms with van der Waals surface area (Å²) >= 11 is 0. The van der Waals surface area contributed by atoms with Gasteiger partial charge in [0.05, 0.1) is 6.04 Å². The third-order valence-electron chi connectivity index (χ3n) is 5.17. The molecule has 0 saturated carbocycles. The molecule has 1 aromatic heterocycles. The average Bonchev–Trinajstić information content (AvgIpc) is 2.79. The van der Waals surface area contributed by atoms with E-state index in [1.54, 1.807) is 12.4 Å². The largest absolute Gasteiger partial charge is 0.351 e. The van der Waals surface area contributed by atoms with Gasteiger partial charge in [0, 0.05) is 24.9 Å². The highest BCUT2D eigenvalue weighted by Gasteiger charge is 2.44. The fourth-order valence-corrected chi connectivity index (χ4v) is 3.77. The molecule has 1 aliphatic rings. The highest BCUT2D eigenvalue weighted by molar-refractivity contribution is 6.01. The molecule has 2 amide bonds. The van der Waals surface area contributed by atoms with E-state index in [-0.39, 0.29) is 23.8 Å². The van der Waals surface area contributed by atoms with Gasteiger partial charge in [-0.15, -0.1) is 0 Å². The van der Waals surface area contributed by atoms with Crippen LogP contribution in [0.15, 0.2) is 85.2 Å². The first-order valence-corrected chi connectivity index (χ1v) is 9.56. The van der Waals surface area contributed by atoms with Crippen molar-refractivity contribution in [2.24, 2.45) is 5.92 Å². The number of hydrazine groups is 1. The average molecular weight is 386 g/mol. The van der Waals surface area contributed by atoms with Crippen molar-refractivity contribution in [2.45, 2.75) is 18.5 Å². The van der Waals surface area contributed by atoms with Crippen LogP contribution in [0.2, 0.25) is 0 Å². The van der Waals surface area contributed by atoms with E-state index in [1.165, 1.54) is 0 Å². The van der Waals surface area contributed by atoms with Crippen LogP contribution in [0.4, 0.5) is 0 Å². The zero-order valence-electron chi connectivity index (χ0n) is 15.8. The Labute approximate surface area is 169 Å². The lowest BCUT2D eigenvalue weighted by Gasteiger charge is -2.38. The van der Waals surface area contributed by atoms with E-state index in [2.05, 4.69) is 21.2 Å². The van der Waals surface area contributed by atoms with Crippen LogP contribution in [-0.2, 0) is 16.1 Å². The maximum atomic E-state index is 13.1. The Hall–Kier alpha value is -3.51. The third-order valence-corrected chi connectivity index (χ3v) is 5.17. The van der Waals surface area contributed by atoms with E-state index >= 15 is 0 Å². The van der Waals surface area contributed by atoms with Gasteiger partial charge in [-0.3, -0.25) is 20.0 Å². The number of aromatic nitrogens is 1. The number of nitrogens with one attached hydrogen (secondary N) is 3. The summed E-state index contributed by atoms with van der Waals surface area (Å²) < 4.78 is 0.